The number of carbonyl (C=O) groups is 1. The van der Waals surface area contributed by atoms with Gasteiger partial charge in [-0.15, -0.1) is 0 Å². The number of hydrogen-bond donors (Lipinski definition) is 1. The highest BCUT2D eigenvalue weighted by atomic mass is 32.2. The smallest absolute Gasteiger partial charge is 0.232 e. The minimum Gasteiger partial charge on any atom is -0.354 e. The van der Waals surface area contributed by atoms with Crippen LogP contribution in [-0.2, 0) is 14.8 Å². The molecule has 23 heavy (non-hydrogen) atoms. The summed E-state index contributed by atoms with van der Waals surface area (Å²) in [5.74, 6) is -0.0215. The number of aryl methyl sites for hydroxylation is 2. The van der Waals surface area contributed by atoms with Crippen molar-refractivity contribution in [2.45, 2.75) is 40.5 Å². The van der Waals surface area contributed by atoms with Crippen LogP contribution in [0, 0.1) is 19.8 Å². The minimum atomic E-state index is -3.40. The lowest BCUT2D eigenvalue weighted by Gasteiger charge is -2.24. The van der Waals surface area contributed by atoms with Crippen molar-refractivity contribution < 1.29 is 13.2 Å². The van der Waals surface area contributed by atoms with E-state index >= 15 is 0 Å². The van der Waals surface area contributed by atoms with Gasteiger partial charge in [0.05, 0.1) is 18.5 Å². The molecule has 0 aliphatic heterocycles. The summed E-state index contributed by atoms with van der Waals surface area (Å²) in [7, 11) is -3.40. The maximum Gasteiger partial charge on any atom is 0.232 e. The van der Waals surface area contributed by atoms with E-state index in [1.807, 2.05) is 45.9 Å². The fraction of sp³-hybridized carbons (Fsp3) is 0.588. The molecular weight excluding hydrogens is 312 g/mol. The fourth-order valence-corrected chi connectivity index (χ4v) is 3.58. The molecule has 130 valence electrons. The quantitative estimate of drug-likeness (QED) is 0.791. The van der Waals surface area contributed by atoms with Gasteiger partial charge in [-0.05, 0) is 49.9 Å². The van der Waals surface area contributed by atoms with Gasteiger partial charge in [-0.1, -0.05) is 19.9 Å². The Morgan fingerprint density at radius 2 is 1.65 bits per heavy atom. The molecule has 0 saturated heterocycles. The number of rotatable bonds is 8. The van der Waals surface area contributed by atoms with Gasteiger partial charge in [0.25, 0.3) is 0 Å². The SMILES string of the molecule is CCC(CC)C(=O)NCCN(c1cc(C)cc(C)c1)S(C)(=O)=O. The summed E-state index contributed by atoms with van der Waals surface area (Å²) in [6.07, 6.45) is 2.76. The van der Waals surface area contributed by atoms with E-state index in [1.54, 1.807) is 0 Å². The maximum atomic E-state index is 12.1. The van der Waals surface area contributed by atoms with Crippen molar-refractivity contribution in [3.05, 3.63) is 29.3 Å². The first kappa shape index (κ1) is 19.5. The number of benzene rings is 1. The zero-order chi connectivity index (χ0) is 17.6. The largest absolute Gasteiger partial charge is 0.354 e. The number of amides is 1. The zero-order valence-corrected chi connectivity index (χ0v) is 15.5. The van der Waals surface area contributed by atoms with Crippen LogP contribution in [-0.4, -0.2) is 33.7 Å². The van der Waals surface area contributed by atoms with Crippen LogP contribution in [0.2, 0.25) is 0 Å². The number of nitrogens with one attached hydrogen (secondary N) is 1. The van der Waals surface area contributed by atoms with E-state index in [2.05, 4.69) is 5.32 Å². The third kappa shape index (κ3) is 5.86. The molecule has 6 heteroatoms. The van der Waals surface area contributed by atoms with Crippen LogP contribution in [0.1, 0.15) is 37.8 Å². The second-order valence-corrected chi connectivity index (χ2v) is 7.89. The van der Waals surface area contributed by atoms with Crippen LogP contribution < -0.4 is 9.62 Å². The highest BCUT2D eigenvalue weighted by Crippen LogP contribution is 2.21. The topological polar surface area (TPSA) is 66.5 Å². The average molecular weight is 340 g/mol. The van der Waals surface area contributed by atoms with E-state index in [1.165, 1.54) is 10.6 Å². The summed E-state index contributed by atoms with van der Waals surface area (Å²) in [4.78, 5) is 12.0. The van der Waals surface area contributed by atoms with E-state index in [0.717, 1.165) is 24.0 Å². The van der Waals surface area contributed by atoms with Gasteiger partial charge in [0.15, 0.2) is 0 Å². The lowest BCUT2D eigenvalue weighted by molar-refractivity contribution is -0.125. The molecular formula is C17H28N2O3S. The van der Waals surface area contributed by atoms with E-state index in [-0.39, 0.29) is 18.4 Å². The number of carbonyl (C=O) groups excluding carboxylic acids is 1. The van der Waals surface area contributed by atoms with E-state index in [4.69, 9.17) is 0 Å². The van der Waals surface area contributed by atoms with Crippen LogP contribution in [0.5, 0.6) is 0 Å². The van der Waals surface area contributed by atoms with Crippen LogP contribution in [0.25, 0.3) is 0 Å². The zero-order valence-electron chi connectivity index (χ0n) is 14.7. The lowest BCUT2D eigenvalue weighted by Crippen LogP contribution is -2.40. The first-order valence-electron chi connectivity index (χ1n) is 8.02. The van der Waals surface area contributed by atoms with Crippen molar-refractivity contribution in [3.8, 4) is 0 Å². The maximum absolute atomic E-state index is 12.1. The van der Waals surface area contributed by atoms with Gasteiger partial charge in [-0.25, -0.2) is 8.42 Å². The molecule has 1 rings (SSSR count). The van der Waals surface area contributed by atoms with Crippen LogP contribution in [0.15, 0.2) is 18.2 Å². The van der Waals surface area contributed by atoms with Crippen LogP contribution in [0.4, 0.5) is 5.69 Å². The molecule has 0 aromatic heterocycles. The predicted molar refractivity (Wildman–Crippen MR) is 95.2 cm³/mol. The van der Waals surface area contributed by atoms with Gasteiger partial charge in [-0.2, -0.15) is 0 Å². The monoisotopic (exact) mass is 340 g/mol. The molecule has 0 spiro atoms. The van der Waals surface area contributed by atoms with Gasteiger partial charge < -0.3 is 5.32 Å². The summed E-state index contributed by atoms with van der Waals surface area (Å²) >= 11 is 0. The molecule has 1 aromatic rings. The molecule has 0 unspecified atom stereocenters. The molecule has 1 aromatic carbocycles. The standard InChI is InChI=1S/C17H28N2O3S/c1-6-15(7-2)17(20)18-8-9-19(23(5,21)22)16-11-13(3)10-14(4)12-16/h10-12,15H,6-9H2,1-5H3,(H,18,20). The Hall–Kier alpha value is -1.56. The molecule has 0 bridgehead atoms. The Kier molecular flexibility index (Phi) is 7.06. The van der Waals surface area contributed by atoms with Crippen molar-refractivity contribution in [2.75, 3.05) is 23.7 Å². The Labute approximate surface area is 140 Å². The van der Waals surface area contributed by atoms with Gasteiger partial charge in [0.1, 0.15) is 0 Å². The molecule has 0 atom stereocenters. The van der Waals surface area contributed by atoms with Crippen LogP contribution >= 0.6 is 0 Å². The number of hydrogen-bond acceptors (Lipinski definition) is 3. The van der Waals surface area contributed by atoms with Crippen molar-refractivity contribution in [1.82, 2.24) is 5.32 Å². The first-order chi connectivity index (χ1) is 10.7. The third-order valence-corrected chi connectivity index (χ3v) is 5.06. The predicted octanol–water partition coefficient (Wildman–Crippen LogP) is 2.62. The Morgan fingerprint density at radius 1 is 1.13 bits per heavy atom. The molecule has 0 aliphatic rings. The Balaban J connectivity index is 2.84. The lowest BCUT2D eigenvalue weighted by atomic mass is 10.0. The highest BCUT2D eigenvalue weighted by Gasteiger charge is 2.19. The third-order valence-electron chi connectivity index (χ3n) is 3.87. The first-order valence-corrected chi connectivity index (χ1v) is 9.87. The van der Waals surface area contributed by atoms with Gasteiger partial charge in [-0.3, -0.25) is 9.10 Å². The summed E-state index contributed by atoms with van der Waals surface area (Å²) in [5, 5.41) is 2.84. The van der Waals surface area contributed by atoms with E-state index in [9.17, 15) is 13.2 Å². The molecule has 0 saturated carbocycles. The van der Waals surface area contributed by atoms with Crippen molar-refractivity contribution in [2.24, 2.45) is 5.92 Å². The molecule has 0 fully saturated rings. The van der Waals surface area contributed by atoms with Gasteiger partial charge >= 0.3 is 0 Å². The molecule has 0 aliphatic carbocycles. The highest BCUT2D eigenvalue weighted by molar-refractivity contribution is 7.92. The summed E-state index contributed by atoms with van der Waals surface area (Å²) in [6, 6.07) is 5.69. The fourth-order valence-electron chi connectivity index (χ4n) is 2.67. The summed E-state index contributed by atoms with van der Waals surface area (Å²) in [5.41, 5.74) is 2.66. The molecule has 0 radical (unpaired) electrons. The Morgan fingerprint density at radius 3 is 2.09 bits per heavy atom. The van der Waals surface area contributed by atoms with E-state index < -0.39 is 10.0 Å². The second kappa shape index (κ2) is 8.34. The summed E-state index contributed by atoms with van der Waals surface area (Å²) < 4.78 is 25.5. The van der Waals surface area contributed by atoms with Crippen LogP contribution in [0.3, 0.4) is 0 Å². The number of nitrogens with zero attached hydrogens (tertiary/aromatic N) is 1. The molecule has 5 nitrogen and oxygen atoms in total. The molecule has 0 heterocycles. The average Bonchev–Trinajstić information content (AvgIpc) is 2.42. The second-order valence-electron chi connectivity index (χ2n) is 5.99. The van der Waals surface area contributed by atoms with Crippen molar-refractivity contribution >= 4 is 21.6 Å². The number of sulfonamides is 1. The van der Waals surface area contributed by atoms with Crippen molar-refractivity contribution in [3.63, 3.8) is 0 Å². The minimum absolute atomic E-state index is 0.0103. The van der Waals surface area contributed by atoms with Gasteiger partial charge in [0, 0.05) is 12.5 Å². The van der Waals surface area contributed by atoms with Gasteiger partial charge in [0.2, 0.25) is 15.9 Å². The molecule has 1 N–H and O–H groups in total. The summed E-state index contributed by atoms with van der Waals surface area (Å²) in [6.45, 7) is 8.36. The Bertz CT molecular complexity index is 617. The number of anilines is 1. The van der Waals surface area contributed by atoms with E-state index in [0.29, 0.717) is 12.2 Å². The van der Waals surface area contributed by atoms with Crippen molar-refractivity contribution in [1.29, 1.82) is 0 Å². The normalized spacial score (nSPS) is 11.6. The molecule has 1 amide bonds.